The summed E-state index contributed by atoms with van der Waals surface area (Å²) in [6, 6.07) is 14.0. The highest BCUT2D eigenvalue weighted by atomic mass is 16.6. The average Bonchev–Trinajstić information content (AvgIpc) is 2.66. The zero-order valence-corrected chi connectivity index (χ0v) is 12.6. The van der Waals surface area contributed by atoms with Crippen molar-refractivity contribution < 1.29 is 14.5 Å². The number of nitrogens with zero attached hydrogens (tertiary/aromatic N) is 2. The SMILES string of the molecule is CC1Oc2ccc([N+](=O)[O-])cc2CN(Cc2ccccc2)C1=O. The smallest absolute Gasteiger partial charge is 0.270 e. The fourth-order valence-corrected chi connectivity index (χ4v) is 2.64. The molecule has 23 heavy (non-hydrogen) atoms. The van der Waals surface area contributed by atoms with Gasteiger partial charge in [0.2, 0.25) is 0 Å². The molecule has 0 bridgehead atoms. The first-order valence-corrected chi connectivity index (χ1v) is 7.31. The highest BCUT2D eigenvalue weighted by molar-refractivity contribution is 5.81. The molecule has 2 aromatic carbocycles. The topological polar surface area (TPSA) is 72.7 Å². The molecule has 0 fully saturated rings. The Morgan fingerprint density at radius 1 is 1.26 bits per heavy atom. The summed E-state index contributed by atoms with van der Waals surface area (Å²) >= 11 is 0. The van der Waals surface area contributed by atoms with Crippen LogP contribution in [0.2, 0.25) is 0 Å². The molecule has 0 spiro atoms. The van der Waals surface area contributed by atoms with Crippen LogP contribution in [-0.2, 0) is 17.9 Å². The van der Waals surface area contributed by atoms with Crippen LogP contribution in [-0.4, -0.2) is 21.8 Å². The van der Waals surface area contributed by atoms with E-state index < -0.39 is 11.0 Å². The third-order valence-electron chi connectivity index (χ3n) is 3.80. The van der Waals surface area contributed by atoms with Crippen molar-refractivity contribution in [3.63, 3.8) is 0 Å². The van der Waals surface area contributed by atoms with Gasteiger partial charge in [-0.15, -0.1) is 0 Å². The van der Waals surface area contributed by atoms with Gasteiger partial charge in [-0.05, 0) is 18.6 Å². The molecular weight excluding hydrogens is 296 g/mol. The van der Waals surface area contributed by atoms with Crippen molar-refractivity contribution in [1.82, 2.24) is 4.90 Å². The van der Waals surface area contributed by atoms with Crippen LogP contribution in [0.15, 0.2) is 48.5 Å². The maximum Gasteiger partial charge on any atom is 0.270 e. The standard InChI is InChI=1S/C17H16N2O4/c1-12-17(20)18(10-13-5-3-2-4-6-13)11-14-9-15(19(21)22)7-8-16(14)23-12/h2-9,12H,10-11H2,1H3. The van der Waals surface area contributed by atoms with Crippen molar-refractivity contribution in [2.75, 3.05) is 0 Å². The number of hydrogen-bond donors (Lipinski definition) is 0. The molecule has 0 N–H and O–H groups in total. The molecule has 1 heterocycles. The molecule has 0 saturated heterocycles. The van der Waals surface area contributed by atoms with Gasteiger partial charge in [-0.1, -0.05) is 30.3 Å². The molecule has 1 unspecified atom stereocenters. The van der Waals surface area contributed by atoms with E-state index in [9.17, 15) is 14.9 Å². The zero-order chi connectivity index (χ0) is 16.4. The number of amides is 1. The first kappa shape index (κ1) is 15.0. The van der Waals surface area contributed by atoms with Gasteiger partial charge in [-0.25, -0.2) is 0 Å². The first-order valence-electron chi connectivity index (χ1n) is 7.31. The molecule has 1 aliphatic rings. The van der Waals surface area contributed by atoms with E-state index in [1.807, 2.05) is 30.3 Å². The number of ether oxygens (including phenoxy) is 1. The predicted molar refractivity (Wildman–Crippen MR) is 83.9 cm³/mol. The number of fused-ring (bicyclic) bond motifs is 1. The third-order valence-corrected chi connectivity index (χ3v) is 3.80. The summed E-state index contributed by atoms with van der Waals surface area (Å²) in [6.45, 7) is 2.42. The van der Waals surface area contributed by atoms with Gasteiger partial charge in [0.25, 0.3) is 11.6 Å². The molecule has 6 heteroatoms. The lowest BCUT2D eigenvalue weighted by atomic mass is 10.1. The van der Waals surface area contributed by atoms with E-state index in [-0.39, 0.29) is 18.1 Å². The Balaban J connectivity index is 1.93. The molecule has 0 radical (unpaired) electrons. The van der Waals surface area contributed by atoms with E-state index in [0.29, 0.717) is 17.9 Å². The monoisotopic (exact) mass is 312 g/mol. The molecule has 0 aromatic heterocycles. The second-order valence-corrected chi connectivity index (χ2v) is 5.49. The van der Waals surface area contributed by atoms with Gasteiger partial charge in [-0.2, -0.15) is 0 Å². The van der Waals surface area contributed by atoms with Gasteiger partial charge in [0.15, 0.2) is 6.10 Å². The number of non-ortho nitro benzene ring substituents is 1. The van der Waals surface area contributed by atoms with Crippen LogP contribution in [0.4, 0.5) is 5.69 Å². The molecule has 3 rings (SSSR count). The largest absolute Gasteiger partial charge is 0.481 e. The predicted octanol–water partition coefficient (Wildman–Crippen LogP) is 2.90. The lowest BCUT2D eigenvalue weighted by molar-refractivity contribution is -0.384. The van der Waals surface area contributed by atoms with Crippen molar-refractivity contribution in [3.05, 3.63) is 69.8 Å². The maximum atomic E-state index is 12.5. The van der Waals surface area contributed by atoms with E-state index in [1.54, 1.807) is 17.9 Å². The third kappa shape index (κ3) is 3.15. The highest BCUT2D eigenvalue weighted by Gasteiger charge is 2.28. The molecular formula is C17H16N2O4. The highest BCUT2D eigenvalue weighted by Crippen LogP contribution is 2.30. The summed E-state index contributed by atoms with van der Waals surface area (Å²) < 4.78 is 5.66. The summed E-state index contributed by atoms with van der Waals surface area (Å²) in [6.07, 6.45) is -0.624. The van der Waals surface area contributed by atoms with Crippen molar-refractivity contribution in [2.24, 2.45) is 0 Å². The van der Waals surface area contributed by atoms with Crippen LogP contribution in [0.3, 0.4) is 0 Å². The minimum Gasteiger partial charge on any atom is -0.481 e. The van der Waals surface area contributed by atoms with Gasteiger partial charge in [0, 0.05) is 24.2 Å². The van der Waals surface area contributed by atoms with Crippen molar-refractivity contribution in [1.29, 1.82) is 0 Å². The van der Waals surface area contributed by atoms with Crippen LogP contribution < -0.4 is 4.74 Å². The zero-order valence-electron chi connectivity index (χ0n) is 12.6. The van der Waals surface area contributed by atoms with E-state index >= 15 is 0 Å². The molecule has 6 nitrogen and oxygen atoms in total. The average molecular weight is 312 g/mol. The number of nitro benzene ring substituents is 1. The Hall–Kier alpha value is -2.89. The Kier molecular flexibility index (Phi) is 3.97. The number of benzene rings is 2. The van der Waals surface area contributed by atoms with Gasteiger partial charge in [-0.3, -0.25) is 14.9 Å². The molecule has 118 valence electrons. The Labute approximate surface area is 133 Å². The molecule has 1 atom stereocenters. The summed E-state index contributed by atoms with van der Waals surface area (Å²) in [5.41, 5.74) is 1.64. The maximum absolute atomic E-state index is 12.5. The number of nitro groups is 1. The van der Waals surface area contributed by atoms with Crippen molar-refractivity contribution in [2.45, 2.75) is 26.1 Å². The van der Waals surface area contributed by atoms with E-state index in [4.69, 9.17) is 4.74 Å². The number of carbonyl (C=O) groups excluding carboxylic acids is 1. The fraction of sp³-hybridized carbons (Fsp3) is 0.235. The molecule has 0 saturated carbocycles. The van der Waals surface area contributed by atoms with E-state index in [0.717, 1.165) is 5.56 Å². The molecule has 1 aliphatic heterocycles. The van der Waals surface area contributed by atoms with E-state index in [2.05, 4.69) is 0 Å². The van der Waals surface area contributed by atoms with Crippen LogP contribution in [0.5, 0.6) is 5.75 Å². The van der Waals surface area contributed by atoms with Crippen LogP contribution >= 0.6 is 0 Å². The van der Waals surface area contributed by atoms with Gasteiger partial charge in [0.05, 0.1) is 11.5 Å². The van der Waals surface area contributed by atoms with E-state index in [1.165, 1.54) is 12.1 Å². The van der Waals surface area contributed by atoms with Gasteiger partial charge in [0.1, 0.15) is 5.75 Å². The summed E-state index contributed by atoms with van der Waals surface area (Å²) in [4.78, 5) is 24.7. The van der Waals surface area contributed by atoms with Crippen molar-refractivity contribution in [3.8, 4) is 5.75 Å². The Morgan fingerprint density at radius 3 is 2.70 bits per heavy atom. The fourth-order valence-electron chi connectivity index (χ4n) is 2.64. The summed E-state index contributed by atoms with van der Waals surface area (Å²) in [7, 11) is 0. The molecule has 1 amide bonds. The Bertz CT molecular complexity index is 746. The second-order valence-electron chi connectivity index (χ2n) is 5.49. The quantitative estimate of drug-likeness (QED) is 0.645. The lowest BCUT2D eigenvalue weighted by Gasteiger charge is -2.22. The van der Waals surface area contributed by atoms with Gasteiger partial charge < -0.3 is 9.64 Å². The minimum absolute atomic E-state index is 0.00554. The number of carbonyl (C=O) groups is 1. The Morgan fingerprint density at radius 2 is 2.00 bits per heavy atom. The van der Waals surface area contributed by atoms with Gasteiger partial charge >= 0.3 is 0 Å². The summed E-state index contributed by atoms with van der Waals surface area (Å²) in [5.74, 6) is 0.389. The lowest BCUT2D eigenvalue weighted by Crippen LogP contribution is -2.37. The second kappa shape index (κ2) is 6.08. The minimum atomic E-state index is -0.624. The molecule has 2 aromatic rings. The van der Waals surface area contributed by atoms with Crippen LogP contribution in [0.1, 0.15) is 18.1 Å². The number of hydrogen-bond acceptors (Lipinski definition) is 4. The first-order chi connectivity index (χ1) is 11.0. The van der Waals surface area contributed by atoms with Crippen LogP contribution in [0.25, 0.3) is 0 Å². The van der Waals surface area contributed by atoms with Crippen LogP contribution in [0, 0.1) is 10.1 Å². The summed E-state index contributed by atoms with van der Waals surface area (Å²) in [5, 5.41) is 11.0. The normalized spacial score (nSPS) is 17.2. The number of rotatable bonds is 3. The molecule has 0 aliphatic carbocycles. The van der Waals surface area contributed by atoms with Crippen molar-refractivity contribution >= 4 is 11.6 Å².